The molecule has 25 heavy (non-hydrogen) atoms. The number of nitrogens with zero attached hydrogens (tertiary/aromatic N) is 3. The van der Waals surface area contributed by atoms with E-state index in [-0.39, 0.29) is 11.6 Å². The predicted molar refractivity (Wildman–Crippen MR) is 89.7 cm³/mol. The van der Waals surface area contributed by atoms with E-state index in [1.54, 1.807) is 6.08 Å². The molecule has 3 rings (SSSR count). The fourth-order valence-electron chi connectivity index (χ4n) is 2.33. The van der Waals surface area contributed by atoms with Gasteiger partial charge in [-0.05, 0) is 28.5 Å². The van der Waals surface area contributed by atoms with Gasteiger partial charge in [0.05, 0.1) is 23.0 Å². The second kappa shape index (κ2) is 7.49. The maximum absolute atomic E-state index is 13.5. The topological polar surface area (TPSA) is 107 Å². The van der Waals surface area contributed by atoms with E-state index in [4.69, 9.17) is 26.7 Å². The van der Waals surface area contributed by atoms with Crippen LogP contribution in [-0.2, 0) is 4.74 Å². The highest BCUT2D eigenvalue weighted by atomic mass is 35.5. The molecule has 0 spiro atoms. The monoisotopic (exact) mass is 367 g/mol. The number of carbonyl (C=O) groups is 1. The molecule has 1 aliphatic heterocycles. The van der Waals surface area contributed by atoms with E-state index in [2.05, 4.69) is 15.6 Å². The van der Waals surface area contributed by atoms with E-state index in [9.17, 15) is 9.18 Å². The molecule has 0 aliphatic carbocycles. The molecule has 3 N–H and O–H groups in total. The Bertz CT molecular complexity index is 810. The zero-order valence-electron chi connectivity index (χ0n) is 13.0. The molecule has 10 heteroatoms. The normalized spacial score (nSPS) is 14.8. The fourth-order valence-corrected chi connectivity index (χ4v) is 2.51. The van der Waals surface area contributed by atoms with Gasteiger partial charge in [0.25, 0.3) is 0 Å². The van der Waals surface area contributed by atoms with Crippen LogP contribution in [0.25, 0.3) is 5.70 Å². The molecule has 1 aliphatic rings. The standard InChI is InChI=1S/C15H15ClFN5O3/c16-10-8-9(3-4-11(10)17)22-12(2-1-7-24-15(22)23)13-14(19-6-5-18)21-25-20-13/h2-4,8H,1,5-7,18H2,(H,19,21). The van der Waals surface area contributed by atoms with Gasteiger partial charge in [-0.15, -0.1) is 0 Å². The molecule has 0 saturated carbocycles. The van der Waals surface area contributed by atoms with Crippen molar-refractivity contribution in [2.45, 2.75) is 6.42 Å². The van der Waals surface area contributed by atoms with Crippen molar-refractivity contribution < 1.29 is 18.6 Å². The van der Waals surface area contributed by atoms with Gasteiger partial charge in [0, 0.05) is 19.5 Å². The minimum atomic E-state index is -0.640. The third kappa shape index (κ3) is 3.57. The van der Waals surface area contributed by atoms with Crippen molar-refractivity contribution in [3.05, 3.63) is 40.8 Å². The first kappa shape index (κ1) is 17.2. The van der Waals surface area contributed by atoms with E-state index in [0.29, 0.717) is 42.4 Å². The van der Waals surface area contributed by atoms with Crippen LogP contribution < -0.4 is 16.0 Å². The second-order valence-corrected chi connectivity index (χ2v) is 5.51. The summed E-state index contributed by atoms with van der Waals surface area (Å²) >= 11 is 5.85. The number of benzene rings is 1. The van der Waals surface area contributed by atoms with Crippen molar-refractivity contribution in [2.24, 2.45) is 5.73 Å². The number of amides is 1. The number of cyclic esters (lactones) is 1. The first-order valence-electron chi connectivity index (χ1n) is 7.50. The van der Waals surface area contributed by atoms with Crippen molar-refractivity contribution in [1.82, 2.24) is 10.3 Å². The van der Waals surface area contributed by atoms with Crippen molar-refractivity contribution in [3.63, 3.8) is 0 Å². The minimum absolute atomic E-state index is 0.117. The number of carbonyl (C=O) groups excluding carboxylic acids is 1. The van der Waals surface area contributed by atoms with Gasteiger partial charge in [0.2, 0.25) is 5.82 Å². The maximum Gasteiger partial charge on any atom is 0.419 e. The number of nitrogens with one attached hydrogen (secondary N) is 1. The number of anilines is 2. The van der Waals surface area contributed by atoms with Crippen molar-refractivity contribution in [2.75, 3.05) is 29.9 Å². The lowest BCUT2D eigenvalue weighted by Crippen LogP contribution is -2.29. The third-order valence-corrected chi connectivity index (χ3v) is 3.72. The molecule has 0 fully saturated rings. The van der Waals surface area contributed by atoms with Crippen LogP contribution in [0.2, 0.25) is 5.02 Å². The summed E-state index contributed by atoms with van der Waals surface area (Å²) in [5.74, 6) is -0.253. The van der Waals surface area contributed by atoms with Crippen LogP contribution in [0.1, 0.15) is 12.1 Å². The number of nitrogens with two attached hydrogens (primary N) is 1. The van der Waals surface area contributed by atoms with Crippen LogP contribution in [-0.4, -0.2) is 36.1 Å². The Hall–Kier alpha value is -2.65. The number of ether oxygens (including phenoxy) is 1. The average Bonchev–Trinajstić information content (AvgIpc) is 2.98. The lowest BCUT2D eigenvalue weighted by atomic mass is 10.2. The van der Waals surface area contributed by atoms with E-state index < -0.39 is 11.9 Å². The second-order valence-electron chi connectivity index (χ2n) is 5.10. The smallest absolute Gasteiger partial charge is 0.419 e. The summed E-state index contributed by atoms with van der Waals surface area (Å²) in [6.45, 7) is 1.02. The van der Waals surface area contributed by atoms with Crippen molar-refractivity contribution in [1.29, 1.82) is 0 Å². The number of aromatic nitrogens is 2. The zero-order valence-corrected chi connectivity index (χ0v) is 13.8. The summed E-state index contributed by atoms with van der Waals surface area (Å²) in [5, 5.41) is 10.5. The van der Waals surface area contributed by atoms with Gasteiger partial charge in [0.15, 0.2) is 5.69 Å². The number of hydrogen-bond donors (Lipinski definition) is 2. The Morgan fingerprint density at radius 2 is 2.24 bits per heavy atom. The fraction of sp³-hybridized carbons (Fsp3) is 0.267. The van der Waals surface area contributed by atoms with Crippen molar-refractivity contribution >= 4 is 34.9 Å². The molecular formula is C15H15ClFN5O3. The maximum atomic E-state index is 13.5. The van der Waals surface area contributed by atoms with Crippen LogP contribution in [0.15, 0.2) is 28.9 Å². The molecule has 1 aromatic heterocycles. The minimum Gasteiger partial charge on any atom is -0.449 e. The Balaban J connectivity index is 2.05. The predicted octanol–water partition coefficient (Wildman–Crippen LogP) is 2.62. The number of hydrogen-bond acceptors (Lipinski definition) is 7. The van der Waals surface area contributed by atoms with E-state index in [1.807, 2.05) is 0 Å². The molecule has 0 saturated heterocycles. The van der Waals surface area contributed by atoms with Gasteiger partial charge < -0.3 is 15.8 Å². The molecular weight excluding hydrogens is 353 g/mol. The summed E-state index contributed by atoms with van der Waals surface area (Å²) < 4.78 is 23.4. The lowest BCUT2D eigenvalue weighted by Gasteiger charge is -2.22. The van der Waals surface area contributed by atoms with Gasteiger partial charge in [-0.1, -0.05) is 17.7 Å². The molecule has 1 amide bonds. The Kier molecular flexibility index (Phi) is 5.15. The van der Waals surface area contributed by atoms with Gasteiger partial charge in [-0.3, -0.25) is 0 Å². The largest absolute Gasteiger partial charge is 0.449 e. The van der Waals surface area contributed by atoms with Crippen LogP contribution in [0.3, 0.4) is 0 Å². The summed E-state index contributed by atoms with van der Waals surface area (Å²) in [6, 6.07) is 3.92. The van der Waals surface area contributed by atoms with Crippen LogP contribution in [0, 0.1) is 5.82 Å². The molecule has 2 heterocycles. The van der Waals surface area contributed by atoms with Crippen molar-refractivity contribution in [3.8, 4) is 0 Å². The Morgan fingerprint density at radius 1 is 1.40 bits per heavy atom. The van der Waals surface area contributed by atoms with Crippen LogP contribution in [0.5, 0.6) is 0 Å². The summed E-state index contributed by atoms with van der Waals surface area (Å²) in [7, 11) is 0. The summed E-state index contributed by atoms with van der Waals surface area (Å²) in [6.07, 6.45) is 1.59. The molecule has 2 aromatic rings. The van der Waals surface area contributed by atoms with Gasteiger partial charge in [0.1, 0.15) is 5.82 Å². The molecule has 132 valence electrons. The lowest BCUT2D eigenvalue weighted by molar-refractivity contribution is 0.160. The highest BCUT2D eigenvalue weighted by Crippen LogP contribution is 2.33. The Labute approximate surface area is 147 Å². The molecule has 0 unspecified atom stereocenters. The van der Waals surface area contributed by atoms with Crippen LogP contribution in [0.4, 0.5) is 20.7 Å². The first-order valence-corrected chi connectivity index (χ1v) is 7.88. The Morgan fingerprint density at radius 3 is 3.00 bits per heavy atom. The highest BCUT2D eigenvalue weighted by Gasteiger charge is 2.29. The number of halogens is 2. The van der Waals surface area contributed by atoms with E-state index in [1.165, 1.54) is 23.1 Å². The first-order chi connectivity index (χ1) is 12.1. The highest BCUT2D eigenvalue weighted by molar-refractivity contribution is 6.31. The molecule has 0 bridgehead atoms. The quantitative estimate of drug-likeness (QED) is 0.836. The number of rotatable bonds is 5. The van der Waals surface area contributed by atoms with Gasteiger partial charge in [-0.2, -0.15) is 0 Å². The molecule has 8 nitrogen and oxygen atoms in total. The van der Waals surface area contributed by atoms with E-state index in [0.717, 1.165) is 0 Å². The van der Waals surface area contributed by atoms with Gasteiger partial charge in [-0.25, -0.2) is 18.7 Å². The average molecular weight is 368 g/mol. The van der Waals surface area contributed by atoms with Crippen LogP contribution >= 0.6 is 11.6 Å². The SMILES string of the molecule is NCCNc1nonc1C1=CCCOC(=O)N1c1ccc(F)c(Cl)c1. The summed E-state index contributed by atoms with van der Waals surface area (Å²) in [5.41, 5.74) is 6.52. The zero-order chi connectivity index (χ0) is 17.8. The molecule has 0 radical (unpaired) electrons. The summed E-state index contributed by atoms with van der Waals surface area (Å²) in [4.78, 5) is 13.7. The molecule has 0 atom stereocenters. The molecule has 1 aromatic carbocycles. The van der Waals surface area contributed by atoms with Gasteiger partial charge >= 0.3 is 6.09 Å². The third-order valence-electron chi connectivity index (χ3n) is 3.43. The van der Waals surface area contributed by atoms with E-state index >= 15 is 0 Å².